The van der Waals surface area contributed by atoms with Crippen molar-refractivity contribution in [3.8, 4) is 5.69 Å². The summed E-state index contributed by atoms with van der Waals surface area (Å²) in [5.74, 6) is 1.47. The van der Waals surface area contributed by atoms with E-state index in [1.54, 1.807) is 4.68 Å². The van der Waals surface area contributed by atoms with Gasteiger partial charge in [-0.1, -0.05) is 50.7 Å². The molecule has 0 radical (unpaired) electrons. The third kappa shape index (κ3) is 4.32. The highest BCUT2D eigenvalue weighted by atomic mass is 32.2. The Balaban J connectivity index is 1.79. The lowest BCUT2D eigenvalue weighted by atomic mass is 9.92. The molecule has 7 nitrogen and oxygen atoms in total. The van der Waals surface area contributed by atoms with E-state index in [4.69, 9.17) is 5.10 Å². The molecular formula is C18H22N6OS. The van der Waals surface area contributed by atoms with Crippen LogP contribution in [0.25, 0.3) is 5.69 Å². The molecule has 0 aliphatic carbocycles. The maximum atomic E-state index is 12.4. The third-order valence-electron chi connectivity index (χ3n) is 3.66. The summed E-state index contributed by atoms with van der Waals surface area (Å²) in [6, 6.07) is 11.7. The first-order valence-corrected chi connectivity index (χ1v) is 9.29. The van der Waals surface area contributed by atoms with Gasteiger partial charge in [-0.05, 0) is 19.1 Å². The molecule has 3 aromatic rings. The van der Waals surface area contributed by atoms with Crippen molar-refractivity contribution in [3.05, 3.63) is 47.9 Å². The van der Waals surface area contributed by atoms with Crippen LogP contribution in [-0.4, -0.2) is 36.6 Å². The molecule has 0 aliphatic heterocycles. The van der Waals surface area contributed by atoms with Crippen LogP contribution in [0.2, 0.25) is 0 Å². The molecule has 1 amide bonds. The number of nitrogens with zero attached hydrogens (tertiary/aromatic N) is 4. The number of amides is 1. The highest BCUT2D eigenvalue weighted by molar-refractivity contribution is 7.99. The number of carbonyl (C=O) groups excluding carboxylic acids is 1. The van der Waals surface area contributed by atoms with Gasteiger partial charge in [-0.25, -0.2) is 9.67 Å². The normalized spacial score (nSPS) is 11.5. The van der Waals surface area contributed by atoms with Crippen LogP contribution in [0.15, 0.2) is 41.6 Å². The Bertz CT molecular complexity index is 894. The molecule has 0 atom stereocenters. The van der Waals surface area contributed by atoms with E-state index in [-0.39, 0.29) is 17.1 Å². The van der Waals surface area contributed by atoms with Crippen molar-refractivity contribution in [2.75, 3.05) is 11.1 Å². The molecule has 0 aliphatic rings. The zero-order chi connectivity index (χ0) is 18.7. The maximum absolute atomic E-state index is 12.4. The van der Waals surface area contributed by atoms with Gasteiger partial charge < -0.3 is 5.32 Å². The maximum Gasteiger partial charge on any atom is 0.236 e. The fourth-order valence-electron chi connectivity index (χ4n) is 2.30. The van der Waals surface area contributed by atoms with Crippen molar-refractivity contribution < 1.29 is 4.79 Å². The highest BCUT2D eigenvalue weighted by Crippen LogP contribution is 2.26. The SMILES string of the molecule is Cc1nc(SCC(=O)Nc2cc(C(C)(C)C)nn2-c2ccccc2)n[nH]1. The molecule has 2 N–H and O–H groups in total. The van der Waals surface area contributed by atoms with E-state index in [1.807, 2.05) is 43.3 Å². The largest absolute Gasteiger partial charge is 0.310 e. The third-order valence-corrected chi connectivity index (χ3v) is 4.50. The molecule has 2 aromatic heterocycles. The Morgan fingerprint density at radius 2 is 2.00 bits per heavy atom. The second-order valence-corrected chi connectivity index (χ2v) is 7.89. The molecule has 8 heteroatoms. The zero-order valence-electron chi connectivity index (χ0n) is 15.3. The van der Waals surface area contributed by atoms with Crippen molar-refractivity contribution in [1.29, 1.82) is 0 Å². The summed E-state index contributed by atoms with van der Waals surface area (Å²) >= 11 is 1.29. The summed E-state index contributed by atoms with van der Waals surface area (Å²) in [4.78, 5) is 16.6. The quantitative estimate of drug-likeness (QED) is 0.673. The summed E-state index contributed by atoms with van der Waals surface area (Å²) in [6.45, 7) is 8.11. The monoisotopic (exact) mass is 370 g/mol. The Labute approximate surface area is 156 Å². The number of anilines is 1. The zero-order valence-corrected chi connectivity index (χ0v) is 16.1. The van der Waals surface area contributed by atoms with E-state index in [0.717, 1.165) is 17.2 Å². The molecule has 0 fully saturated rings. The van der Waals surface area contributed by atoms with Crippen LogP contribution >= 0.6 is 11.8 Å². The van der Waals surface area contributed by atoms with Crippen molar-refractivity contribution in [2.45, 2.75) is 38.3 Å². The van der Waals surface area contributed by atoms with Crippen molar-refractivity contribution >= 4 is 23.5 Å². The minimum absolute atomic E-state index is 0.120. The first kappa shape index (κ1) is 18.2. The summed E-state index contributed by atoms with van der Waals surface area (Å²) in [5, 5.41) is 15.0. The molecule has 3 rings (SSSR count). The predicted octanol–water partition coefficient (Wildman–Crippen LogP) is 3.33. The van der Waals surface area contributed by atoms with Crippen molar-refractivity contribution in [3.63, 3.8) is 0 Å². The standard InChI is InChI=1S/C18H22N6OS/c1-12-19-17(22-21-12)26-11-16(25)20-15-10-14(18(2,3)4)23-24(15)13-8-6-5-7-9-13/h5-10H,11H2,1-4H3,(H,20,25)(H,19,21,22). The number of nitrogens with one attached hydrogen (secondary N) is 2. The number of aromatic nitrogens is 5. The Morgan fingerprint density at radius 3 is 2.62 bits per heavy atom. The molecule has 26 heavy (non-hydrogen) atoms. The lowest BCUT2D eigenvalue weighted by Crippen LogP contribution is -2.17. The number of H-pyrrole nitrogens is 1. The van der Waals surface area contributed by atoms with Gasteiger partial charge in [-0.2, -0.15) is 5.10 Å². The van der Waals surface area contributed by atoms with Gasteiger partial charge in [0.15, 0.2) is 0 Å². The molecule has 136 valence electrons. The van der Waals surface area contributed by atoms with Gasteiger partial charge in [0.2, 0.25) is 11.1 Å². The van der Waals surface area contributed by atoms with Crippen LogP contribution < -0.4 is 5.32 Å². The number of thioether (sulfide) groups is 1. The fourth-order valence-corrected chi connectivity index (χ4v) is 2.94. The molecule has 0 saturated heterocycles. The van der Waals surface area contributed by atoms with E-state index in [0.29, 0.717) is 11.0 Å². The number of benzene rings is 1. The van der Waals surface area contributed by atoms with Crippen LogP contribution in [0.3, 0.4) is 0 Å². The molecule has 1 aromatic carbocycles. The number of carbonyl (C=O) groups is 1. The number of hydrogen-bond donors (Lipinski definition) is 2. The lowest BCUT2D eigenvalue weighted by Gasteiger charge is -2.14. The van der Waals surface area contributed by atoms with E-state index in [1.165, 1.54) is 11.8 Å². The van der Waals surface area contributed by atoms with Crippen molar-refractivity contribution in [2.24, 2.45) is 0 Å². The highest BCUT2D eigenvalue weighted by Gasteiger charge is 2.21. The van der Waals surface area contributed by atoms with Gasteiger partial charge in [-0.3, -0.25) is 9.89 Å². The number of aryl methyl sites for hydroxylation is 1. The Morgan fingerprint density at radius 1 is 1.27 bits per heavy atom. The second kappa shape index (κ2) is 7.33. The van der Waals surface area contributed by atoms with Gasteiger partial charge >= 0.3 is 0 Å². The topological polar surface area (TPSA) is 88.5 Å². The molecule has 0 spiro atoms. The van der Waals surface area contributed by atoms with E-state index < -0.39 is 0 Å². The van der Waals surface area contributed by atoms with E-state index in [9.17, 15) is 4.79 Å². The molecular weight excluding hydrogens is 348 g/mol. The fraction of sp³-hybridized carbons (Fsp3) is 0.333. The molecule has 0 bridgehead atoms. The number of aromatic amines is 1. The lowest BCUT2D eigenvalue weighted by molar-refractivity contribution is -0.113. The number of hydrogen-bond acceptors (Lipinski definition) is 5. The Kier molecular flexibility index (Phi) is 5.13. The van der Waals surface area contributed by atoms with Crippen LogP contribution in [-0.2, 0) is 10.2 Å². The van der Waals surface area contributed by atoms with Gasteiger partial charge in [0.1, 0.15) is 11.6 Å². The summed E-state index contributed by atoms with van der Waals surface area (Å²) in [6.07, 6.45) is 0. The van der Waals surface area contributed by atoms with Gasteiger partial charge in [-0.15, -0.1) is 5.10 Å². The summed E-state index contributed by atoms with van der Waals surface area (Å²) in [5.41, 5.74) is 1.69. The predicted molar refractivity (Wildman–Crippen MR) is 103 cm³/mol. The Hall–Kier alpha value is -2.61. The first-order valence-electron chi connectivity index (χ1n) is 8.30. The van der Waals surface area contributed by atoms with Crippen LogP contribution in [0.5, 0.6) is 0 Å². The van der Waals surface area contributed by atoms with Gasteiger partial charge in [0, 0.05) is 11.5 Å². The molecule has 2 heterocycles. The van der Waals surface area contributed by atoms with Crippen LogP contribution in [0.4, 0.5) is 5.82 Å². The van der Waals surface area contributed by atoms with E-state index in [2.05, 4.69) is 41.3 Å². The second-order valence-electron chi connectivity index (χ2n) is 6.95. The van der Waals surface area contributed by atoms with Gasteiger partial charge in [0.25, 0.3) is 0 Å². The number of rotatable bonds is 5. The smallest absolute Gasteiger partial charge is 0.236 e. The minimum atomic E-state index is -0.130. The van der Waals surface area contributed by atoms with Gasteiger partial charge in [0.05, 0.1) is 17.1 Å². The summed E-state index contributed by atoms with van der Waals surface area (Å²) in [7, 11) is 0. The molecule has 0 unspecified atom stereocenters. The van der Waals surface area contributed by atoms with Crippen LogP contribution in [0, 0.1) is 6.92 Å². The van der Waals surface area contributed by atoms with E-state index >= 15 is 0 Å². The minimum Gasteiger partial charge on any atom is -0.310 e. The summed E-state index contributed by atoms with van der Waals surface area (Å²) < 4.78 is 1.76. The van der Waals surface area contributed by atoms with Crippen molar-refractivity contribution in [1.82, 2.24) is 25.0 Å². The average molecular weight is 370 g/mol. The molecule has 0 saturated carbocycles. The average Bonchev–Trinajstić information content (AvgIpc) is 3.20. The van der Waals surface area contributed by atoms with Crippen LogP contribution in [0.1, 0.15) is 32.3 Å². The number of para-hydroxylation sites is 1. The first-order chi connectivity index (χ1) is 12.3.